The number of aromatic nitrogens is 1. The lowest BCUT2D eigenvalue weighted by Crippen LogP contribution is -1.85. The van der Waals surface area contributed by atoms with Crippen molar-refractivity contribution in [1.29, 1.82) is 0 Å². The van der Waals surface area contributed by atoms with Crippen LogP contribution in [0, 0.1) is 5.95 Å². The minimum Gasteiger partial charge on any atom is -0.503 e. The number of hydrogen-bond donors (Lipinski definition) is 1. The number of pyridine rings is 1. The summed E-state index contributed by atoms with van der Waals surface area (Å²) >= 11 is 3.28. The molecule has 2 nitrogen and oxygen atoms in total. The Morgan fingerprint density at radius 1 is 1.31 bits per heavy atom. The SMILES string of the molecule is Oc1c(F)ncc2c(Br)cccc12. The third-order valence-electron chi connectivity index (χ3n) is 1.81. The van der Waals surface area contributed by atoms with Crippen molar-refractivity contribution in [1.82, 2.24) is 4.98 Å². The Hall–Kier alpha value is -1.16. The van der Waals surface area contributed by atoms with Crippen LogP contribution in [0.15, 0.2) is 28.9 Å². The molecule has 0 spiro atoms. The van der Waals surface area contributed by atoms with E-state index in [1.54, 1.807) is 18.2 Å². The Morgan fingerprint density at radius 2 is 2.08 bits per heavy atom. The summed E-state index contributed by atoms with van der Waals surface area (Å²) in [7, 11) is 0. The fourth-order valence-electron chi connectivity index (χ4n) is 1.17. The molecule has 13 heavy (non-hydrogen) atoms. The predicted molar refractivity (Wildman–Crippen MR) is 51.1 cm³/mol. The predicted octanol–water partition coefficient (Wildman–Crippen LogP) is 2.84. The first-order valence-electron chi connectivity index (χ1n) is 3.62. The molecule has 0 bridgehead atoms. The molecule has 0 aliphatic carbocycles. The van der Waals surface area contributed by atoms with E-state index < -0.39 is 11.7 Å². The van der Waals surface area contributed by atoms with Gasteiger partial charge in [-0.3, -0.25) is 0 Å². The number of nitrogens with zero attached hydrogens (tertiary/aromatic N) is 1. The zero-order valence-corrected chi connectivity index (χ0v) is 8.05. The second-order valence-corrected chi connectivity index (χ2v) is 3.45. The van der Waals surface area contributed by atoms with Crippen LogP contribution in [0.1, 0.15) is 0 Å². The van der Waals surface area contributed by atoms with E-state index in [-0.39, 0.29) is 0 Å². The highest BCUT2D eigenvalue weighted by atomic mass is 79.9. The number of halogens is 2. The third-order valence-corrected chi connectivity index (χ3v) is 2.50. The molecular formula is C9H5BrFNO. The molecule has 1 heterocycles. The average molecular weight is 242 g/mol. The number of aromatic hydroxyl groups is 1. The van der Waals surface area contributed by atoms with Crippen molar-refractivity contribution in [2.24, 2.45) is 0 Å². The fraction of sp³-hybridized carbons (Fsp3) is 0. The minimum atomic E-state index is -0.842. The minimum absolute atomic E-state index is 0.404. The van der Waals surface area contributed by atoms with Gasteiger partial charge in [-0.2, -0.15) is 4.39 Å². The number of rotatable bonds is 0. The third kappa shape index (κ3) is 1.27. The van der Waals surface area contributed by atoms with Gasteiger partial charge in [0.25, 0.3) is 5.95 Å². The first-order valence-corrected chi connectivity index (χ1v) is 4.41. The fourth-order valence-corrected chi connectivity index (χ4v) is 1.64. The van der Waals surface area contributed by atoms with Crippen molar-refractivity contribution in [2.45, 2.75) is 0 Å². The molecule has 0 aliphatic heterocycles. The summed E-state index contributed by atoms with van der Waals surface area (Å²) in [5.74, 6) is -1.25. The van der Waals surface area contributed by atoms with Gasteiger partial charge in [-0.05, 0) is 6.07 Å². The van der Waals surface area contributed by atoms with Crippen LogP contribution < -0.4 is 0 Å². The second-order valence-electron chi connectivity index (χ2n) is 2.60. The van der Waals surface area contributed by atoms with Gasteiger partial charge >= 0.3 is 0 Å². The van der Waals surface area contributed by atoms with Crippen LogP contribution in [0.4, 0.5) is 4.39 Å². The van der Waals surface area contributed by atoms with E-state index >= 15 is 0 Å². The molecule has 0 fully saturated rings. The summed E-state index contributed by atoms with van der Waals surface area (Å²) in [5.41, 5.74) is 0. The Kier molecular flexibility index (Phi) is 1.92. The normalized spacial score (nSPS) is 10.6. The largest absolute Gasteiger partial charge is 0.503 e. The quantitative estimate of drug-likeness (QED) is 0.720. The van der Waals surface area contributed by atoms with Crippen molar-refractivity contribution in [3.63, 3.8) is 0 Å². The van der Waals surface area contributed by atoms with Crippen LogP contribution in [0.5, 0.6) is 5.75 Å². The van der Waals surface area contributed by atoms with Gasteiger partial charge in [0.1, 0.15) is 0 Å². The van der Waals surface area contributed by atoms with Gasteiger partial charge in [0, 0.05) is 21.4 Å². The molecule has 0 aliphatic rings. The van der Waals surface area contributed by atoms with Gasteiger partial charge in [0.2, 0.25) is 0 Å². The molecule has 66 valence electrons. The monoisotopic (exact) mass is 241 g/mol. The number of benzene rings is 1. The summed E-state index contributed by atoms with van der Waals surface area (Å²) in [6.07, 6.45) is 1.38. The number of hydrogen-bond acceptors (Lipinski definition) is 2. The summed E-state index contributed by atoms with van der Waals surface area (Å²) in [6.45, 7) is 0. The Bertz CT molecular complexity index is 472. The van der Waals surface area contributed by atoms with E-state index in [1.165, 1.54) is 6.20 Å². The van der Waals surface area contributed by atoms with Crippen molar-refractivity contribution >= 4 is 26.7 Å². The Morgan fingerprint density at radius 3 is 2.85 bits per heavy atom. The summed E-state index contributed by atoms with van der Waals surface area (Å²) < 4.78 is 13.6. The molecule has 4 heteroatoms. The highest BCUT2D eigenvalue weighted by Gasteiger charge is 2.08. The summed E-state index contributed by atoms with van der Waals surface area (Å²) in [6, 6.07) is 5.17. The molecule has 1 aromatic heterocycles. The standard InChI is InChI=1S/C9H5BrFNO/c10-7-3-1-2-5-6(7)4-12-9(11)8(5)13/h1-4,13H. The van der Waals surface area contributed by atoms with Gasteiger partial charge in [-0.15, -0.1) is 0 Å². The van der Waals surface area contributed by atoms with E-state index in [9.17, 15) is 9.50 Å². The van der Waals surface area contributed by atoms with E-state index in [2.05, 4.69) is 20.9 Å². The van der Waals surface area contributed by atoms with Gasteiger partial charge in [-0.1, -0.05) is 28.1 Å². The molecular weight excluding hydrogens is 237 g/mol. The highest BCUT2D eigenvalue weighted by Crippen LogP contribution is 2.30. The van der Waals surface area contributed by atoms with E-state index in [0.29, 0.717) is 10.8 Å². The summed E-state index contributed by atoms with van der Waals surface area (Å²) in [4.78, 5) is 3.42. The lowest BCUT2D eigenvalue weighted by molar-refractivity contribution is 0.425. The molecule has 0 atom stereocenters. The lowest BCUT2D eigenvalue weighted by atomic mass is 10.2. The van der Waals surface area contributed by atoms with Crippen molar-refractivity contribution < 1.29 is 9.50 Å². The molecule has 2 aromatic rings. The highest BCUT2D eigenvalue weighted by molar-refractivity contribution is 9.10. The van der Waals surface area contributed by atoms with Crippen molar-refractivity contribution in [3.8, 4) is 5.75 Å². The van der Waals surface area contributed by atoms with Gasteiger partial charge in [0.05, 0.1) is 0 Å². The van der Waals surface area contributed by atoms with Gasteiger partial charge in [0.15, 0.2) is 5.75 Å². The molecule has 0 saturated heterocycles. The molecule has 1 N–H and O–H groups in total. The van der Waals surface area contributed by atoms with Gasteiger partial charge in [-0.25, -0.2) is 4.98 Å². The zero-order chi connectivity index (χ0) is 9.42. The van der Waals surface area contributed by atoms with Crippen LogP contribution in [0.25, 0.3) is 10.8 Å². The maximum absolute atomic E-state index is 12.8. The average Bonchev–Trinajstić information content (AvgIpc) is 2.12. The van der Waals surface area contributed by atoms with Crippen LogP contribution in [-0.2, 0) is 0 Å². The van der Waals surface area contributed by atoms with Crippen molar-refractivity contribution in [2.75, 3.05) is 0 Å². The molecule has 0 radical (unpaired) electrons. The number of fused-ring (bicyclic) bond motifs is 1. The van der Waals surface area contributed by atoms with E-state index in [0.717, 1.165) is 4.47 Å². The first-order chi connectivity index (χ1) is 6.20. The lowest BCUT2D eigenvalue weighted by Gasteiger charge is -2.02. The molecule has 0 unspecified atom stereocenters. The molecule has 2 rings (SSSR count). The van der Waals surface area contributed by atoms with Crippen LogP contribution in [0.2, 0.25) is 0 Å². The van der Waals surface area contributed by atoms with Gasteiger partial charge < -0.3 is 5.11 Å². The van der Waals surface area contributed by atoms with Crippen LogP contribution >= 0.6 is 15.9 Å². The molecule has 0 saturated carbocycles. The van der Waals surface area contributed by atoms with E-state index in [4.69, 9.17) is 0 Å². The zero-order valence-electron chi connectivity index (χ0n) is 6.46. The maximum atomic E-state index is 12.8. The Balaban J connectivity index is 2.94. The van der Waals surface area contributed by atoms with Crippen molar-refractivity contribution in [3.05, 3.63) is 34.8 Å². The van der Waals surface area contributed by atoms with E-state index in [1.807, 2.05) is 0 Å². The smallest absolute Gasteiger partial charge is 0.255 e. The summed E-state index contributed by atoms with van der Waals surface area (Å²) in [5, 5.41) is 10.5. The van der Waals surface area contributed by atoms with Crippen LogP contribution in [0.3, 0.4) is 0 Å². The topological polar surface area (TPSA) is 33.1 Å². The van der Waals surface area contributed by atoms with Crippen LogP contribution in [-0.4, -0.2) is 10.1 Å². The Labute approximate surface area is 82.2 Å². The second kappa shape index (κ2) is 2.96. The molecule has 0 amide bonds. The molecule has 1 aromatic carbocycles. The first kappa shape index (κ1) is 8.44. The maximum Gasteiger partial charge on any atom is 0.255 e.